The first-order valence-corrected chi connectivity index (χ1v) is 24.1. The topological polar surface area (TPSA) is 152 Å². The molecule has 10 nitrogen and oxygen atoms in total. The van der Waals surface area contributed by atoms with Crippen molar-refractivity contribution in [2.45, 2.75) is 218 Å². The Hall–Kier alpha value is -2.86. The number of carbonyl (C=O) groups is 2. The molecule has 61 heavy (non-hydrogen) atoms. The molecule has 0 aliphatic carbocycles. The highest BCUT2D eigenvalue weighted by Crippen LogP contribution is 2.22. The third-order valence-electron chi connectivity index (χ3n) is 10.7. The van der Waals surface area contributed by atoms with Crippen LogP contribution in [0.2, 0.25) is 0 Å². The minimum Gasteiger partial charge on any atom is -0.462 e. The fraction of sp³-hybridized carbons (Fsp3) is 0.725. The van der Waals surface area contributed by atoms with E-state index < -0.39 is 55.4 Å². The number of carbonyl (C=O) groups excluding carboxylic acids is 2. The molecule has 1 aliphatic heterocycles. The molecular weight excluding hydrogens is 773 g/mol. The maximum Gasteiger partial charge on any atom is 0.306 e. The molecule has 4 N–H and O–H groups in total. The number of esters is 2. The molecule has 0 aromatic carbocycles. The number of hydrogen-bond donors (Lipinski definition) is 4. The second-order valence-electron chi connectivity index (χ2n) is 16.3. The number of unbranched alkanes of at least 4 members (excludes halogenated alkanes) is 20. The van der Waals surface area contributed by atoms with Gasteiger partial charge in [0.25, 0.3) is 0 Å². The van der Waals surface area contributed by atoms with Crippen LogP contribution >= 0.6 is 0 Å². The van der Waals surface area contributed by atoms with E-state index in [1.54, 1.807) is 0 Å². The fourth-order valence-corrected chi connectivity index (χ4v) is 6.92. The summed E-state index contributed by atoms with van der Waals surface area (Å²) in [6, 6.07) is 0. The van der Waals surface area contributed by atoms with Crippen molar-refractivity contribution in [3.63, 3.8) is 0 Å². The van der Waals surface area contributed by atoms with E-state index in [1.807, 2.05) is 54.7 Å². The van der Waals surface area contributed by atoms with Crippen LogP contribution in [0.3, 0.4) is 0 Å². The molecule has 1 heterocycles. The van der Waals surface area contributed by atoms with Crippen molar-refractivity contribution in [2.75, 3.05) is 19.8 Å². The second kappa shape index (κ2) is 41.2. The van der Waals surface area contributed by atoms with Gasteiger partial charge < -0.3 is 39.4 Å². The first-order valence-electron chi connectivity index (χ1n) is 24.1. The lowest BCUT2D eigenvalue weighted by Crippen LogP contribution is -2.59. The molecule has 0 aromatic heterocycles. The zero-order valence-corrected chi connectivity index (χ0v) is 38.1. The van der Waals surface area contributed by atoms with Crippen molar-refractivity contribution in [3.05, 3.63) is 72.9 Å². The zero-order valence-electron chi connectivity index (χ0n) is 38.1. The molecule has 1 rings (SSSR count). The predicted octanol–water partition coefficient (Wildman–Crippen LogP) is 10.8. The molecule has 10 heteroatoms. The van der Waals surface area contributed by atoms with Crippen molar-refractivity contribution < 1.29 is 49.0 Å². The molecule has 1 saturated heterocycles. The molecule has 0 bridgehead atoms. The van der Waals surface area contributed by atoms with Crippen LogP contribution in [0.5, 0.6) is 0 Å². The SMILES string of the molecule is CC/C=C/C=C/C=C/C=C/C=C/CCCC(=O)OC(COC(=O)CCCCCCCCC/C=C/CCCCCCCCCCCCCC)CO[C@H]1O[C@@H](CO)[C@@H](O)C(O)C1O. The molecule has 0 amide bonds. The summed E-state index contributed by atoms with van der Waals surface area (Å²) in [5.41, 5.74) is 0. The Labute approximate surface area is 370 Å². The highest BCUT2D eigenvalue weighted by molar-refractivity contribution is 5.70. The van der Waals surface area contributed by atoms with Gasteiger partial charge in [0.15, 0.2) is 12.4 Å². The summed E-state index contributed by atoms with van der Waals surface area (Å²) in [5, 5.41) is 40.1. The Morgan fingerprint density at radius 2 is 1.00 bits per heavy atom. The van der Waals surface area contributed by atoms with E-state index in [-0.39, 0.29) is 26.1 Å². The van der Waals surface area contributed by atoms with Gasteiger partial charge >= 0.3 is 11.9 Å². The molecule has 1 fully saturated rings. The number of ether oxygens (including phenoxy) is 4. The van der Waals surface area contributed by atoms with Gasteiger partial charge in [0.05, 0.1) is 13.2 Å². The van der Waals surface area contributed by atoms with E-state index in [0.717, 1.165) is 32.1 Å². The Balaban J connectivity index is 2.28. The first kappa shape index (κ1) is 56.2. The maximum absolute atomic E-state index is 12.7. The Kier molecular flexibility index (Phi) is 37.9. The normalized spacial score (nSPS) is 20.4. The predicted molar refractivity (Wildman–Crippen MR) is 247 cm³/mol. The number of aliphatic hydroxyl groups excluding tert-OH is 4. The fourth-order valence-electron chi connectivity index (χ4n) is 6.92. The molecule has 6 atom stereocenters. The summed E-state index contributed by atoms with van der Waals surface area (Å²) in [6.07, 6.45) is 45.1. The van der Waals surface area contributed by atoms with E-state index in [2.05, 4.69) is 32.1 Å². The van der Waals surface area contributed by atoms with Crippen LogP contribution in [0.4, 0.5) is 0 Å². The van der Waals surface area contributed by atoms with Gasteiger partial charge in [-0.15, -0.1) is 0 Å². The van der Waals surface area contributed by atoms with Gasteiger partial charge in [-0.25, -0.2) is 0 Å². The smallest absolute Gasteiger partial charge is 0.306 e. The average Bonchev–Trinajstić information content (AvgIpc) is 3.26. The molecule has 0 saturated carbocycles. The molecule has 0 radical (unpaired) electrons. The van der Waals surface area contributed by atoms with Gasteiger partial charge in [-0.3, -0.25) is 9.59 Å². The lowest BCUT2D eigenvalue weighted by atomic mass is 9.99. The van der Waals surface area contributed by atoms with E-state index >= 15 is 0 Å². The monoisotopic (exact) mass is 859 g/mol. The van der Waals surface area contributed by atoms with Crippen LogP contribution in [-0.2, 0) is 28.5 Å². The quantitative estimate of drug-likeness (QED) is 0.0203. The van der Waals surface area contributed by atoms with Crippen LogP contribution in [0.15, 0.2) is 72.9 Å². The Morgan fingerprint density at radius 3 is 1.54 bits per heavy atom. The van der Waals surface area contributed by atoms with Gasteiger partial charge in [0.1, 0.15) is 31.0 Å². The lowest BCUT2D eigenvalue weighted by Gasteiger charge is -2.39. The number of allylic oxidation sites excluding steroid dienone is 12. The van der Waals surface area contributed by atoms with Crippen molar-refractivity contribution in [1.82, 2.24) is 0 Å². The van der Waals surface area contributed by atoms with Gasteiger partial charge in [0, 0.05) is 12.8 Å². The largest absolute Gasteiger partial charge is 0.462 e. The molecule has 1 aliphatic rings. The number of hydrogen-bond acceptors (Lipinski definition) is 10. The summed E-state index contributed by atoms with van der Waals surface area (Å²) in [6.45, 7) is 3.20. The van der Waals surface area contributed by atoms with E-state index in [0.29, 0.717) is 19.3 Å². The van der Waals surface area contributed by atoms with E-state index in [4.69, 9.17) is 18.9 Å². The summed E-state index contributed by atoms with van der Waals surface area (Å²) < 4.78 is 22.1. The molecule has 350 valence electrons. The zero-order chi connectivity index (χ0) is 44.4. The molecule has 3 unspecified atom stereocenters. The van der Waals surface area contributed by atoms with Crippen LogP contribution < -0.4 is 0 Å². The van der Waals surface area contributed by atoms with Gasteiger partial charge in [-0.05, 0) is 51.4 Å². The Morgan fingerprint density at radius 1 is 0.525 bits per heavy atom. The van der Waals surface area contributed by atoms with Crippen molar-refractivity contribution in [2.24, 2.45) is 0 Å². The number of aliphatic hydroxyl groups is 4. The number of rotatable bonds is 39. The average molecular weight is 859 g/mol. The minimum absolute atomic E-state index is 0.130. The van der Waals surface area contributed by atoms with Gasteiger partial charge in [-0.2, -0.15) is 0 Å². The van der Waals surface area contributed by atoms with Crippen LogP contribution in [0, 0.1) is 0 Å². The second-order valence-corrected chi connectivity index (χ2v) is 16.3. The minimum atomic E-state index is -1.61. The molecule has 0 spiro atoms. The molecular formula is C51H86O10. The van der Waals surface area contributed by atoms with Crippen LogP contribution in [0.25, 0.3) is 0 Å². The van der Waals surface area contributed by atoms with Crippen molar-refractivity contribution in [1.29, 1.82) is 0 Å². The third kappa shape index (κ3) is 32.5. The summed E-state index contributed by atoms with van der Waals surface area (Å²) in [5.74, 6) is -0.901. The van der Waals surface area contributed by atoms with E-state index in [9.17, 15) is 30.0 Å². The van der Waals surface area contributed by atoms with Gasteiger partial charge in [0.2, 0.25) is 0 Å². The van der Waals surface area contributed by atoms with Crippen molar-refractivity contribution >= 4 is 11.9 Å². The lowest BCUT2D eigenvalue weighted by molar-refractivity contribution is -0.305. The summed E-state index contributed by atoms with van der Waals surface area (Å²) in [4.78, 5) is 25.3. The summed E-state index contributed by atoms with van der Waals surface area (Å²) >= 11 is 0. The van der Waals surface area contributed by atoms with Crippen molar-refractivity contribution in [3.8, 4) is 0 Å². The maximum atomic E-state index is 12.7. The van der Waals surface area contributed by atoms with Crippen LogP contribution in [0.1, 0.15) is 181 Å². The van der Waals surface area contributed by atoms with E-state index in [1.165, 1.54) is 103 Å². The standard InChI is InChI=1S/C51H86O10/c1-3-5-7-9-11-13-15-17-18-19-20-21-22-23-24-25-26-28-29-31-33-35-37-39-46(53)58-42-44(43-59-51-50(57)49(56)48(55)45(41-52)61-51)60-47(54)40-38-36-34-32-30-27-16-14-12-10-8-6-4-2/h6,8,10,12,14,16,23-24,27,30,32,34,44-45,48-52,55-57H,3-5,7,9,11,13,15,17-22,25-26,28-29,31,33,35-43H2,1-2H3/b8-6+,12-10+,16-14+,24-23+,30-27+,34-32+/t44?,45-,48+,49?,50?,51-/m0/s1. The molecule has 0 aromatic rings. The highest BCUT2D eigenvalue weighted by Gasteiger charge is 2.44. The Bertz CT molecular complexity index is 1220. The highest BCUT2D eigenvalue weighted by atomic mass is 16.7. The summed E-state index contributed by atoms with van der Waals surface area (Å²) in [7, 11) is 0. The third-order valence-corrected chi connectivity index (χ3v) is 10.7. The van der Waals surface area contributed by atoms with Gasteiger partial charge in [-0.1, -0.05) is 189 Å². The first-order chi connectivity index (χ1) is 29.8. The van der Waals surface area contributed by atoms with Crippen LogP contribution in [-0.4, -0.2) is 89.0 Å².